The monoisotopic (exact) mass is 266 g/mol. The van der Waals surface area contributed by atoms with E-state index in [1.807, 2.05) is 19.1 Å². The fraction of sp³-hybridized carbons (Fsp3) is 0.625. The number of hydrogen-bond donors (Lipinski definition) is 1. The van der Waals surface area contributed by atoms with Crippen molar-refractivity contribution in [3.8, 4) is 0 Å². The lowest BCUT2D eigenvalue weighted by Crippen LogP contribution is -2.33. The average Bonchev–Trinajstić information content (AvgIpc) is 2.29. The van der Waals surface area contributed by atoms with Gasteiger partial charge < -0.3 is 10.6 Å². The Hall–Kier alpha value is -0.930. The normalized spacial score (nSPS) is 12.2. The number of nitrogens with zero attached hydrogens (tertiary/aromatic N) is 1. The third kappa shape index (κ3) is 6.69. The molecule has 0 saturated carbocycles. The molecule has 0 spiro atoms. The molecule has 0 aliphatic carbocycles. The summed E-state index contributed by atoms with van der Waals surface area (Å²) in [6.07, 6.45) is 3.11. The highest BCUT2D eigenvalue weighted by Crippen LogP contribution is 2.11. The summed E-state index contributed by atoms with van der Waals surface area (Å²) in [5, 5.41) is 0. The zero-order valence-corrected chi connectivity index (χ0v) is 12.7. The quantitative estimate of drug-likeness (QED) is 0.821. The van der Waals surface area contributed by atoms with Gasteiger partial charge in [-0.3, -0.25) is 0 Å². The van der Waals surface area contributed by atoms with E-state index < -0.39 is 0 Å². The van der Waals surface area contributed by atoms with Crippen LogP contribution in [0.5, 0.6) is 0 Å². The second-order valence-electron chi connectivity index (χ2n) is 6.23. The summed E-state index contributed by atoms with van der Waals surface area (Å²) in [6, 6.07) is 5.37. The predicted molar refractivity (Wildman–Crippen MR) is 79.8 cm³/mol. The van der Waals surface area contributed by atoms with Gasteiger partial charge in [0.15, 0.2) is 0 Å². The van der Waals surface area contributed by atoms with Gasteiger partial charge in [-0.15, -0.1) is 0 Å². The molecule has 0 bridgehead atoms. The lowest BCUT2D eigenvalue weighted by Gasteiger charge is -2.21. The summed E-state index contributed by atoms with van der Waals surface area (Å²) >= 11 is 0. The minimum Gasteiger partial charge on any atom is -0.326 e. The van der Waals surface area contributed by atoms with Crippen molar-refractivity contribution in [2.75, 3.05) is 20.1 Å². The first-order chi connectivity index (χ1) is 8.78. The molecule has 1 aromatic carbocycles. The van der Waals surface area contributed by atoms with Crippen LogP contribution in [0.25, 0.3) is 0 Å². The summed E-state index contributed by atoms with van der Waals surface area (Å²) in [6.45, 7) is 7.99. The third-order valence-corrected chi connectivity index (χ3v) is 3.37. The molecular formula is C16H27FN2. The zero-order chi connectivity index (χ0) is 14.5. The fourth-order valence-electron chi connectivity index (χ4n) is 2.10. The molecule has 0 unspecified atom stereocenters. The average molecular weight is 266 g/mol. The molecule has 1 aromatic rings. The van der Waals surface area contributed by atoms with Crippen LogP contribution < -0.4 is 5.73 Å². The smallest absolute Gasteiger partial charge is 0.126 e. The van der Waals surface area contributed by atoms with E-state index in [2.05, 4.69) is 25.8 Å². The van der Waals surface area contributed by atoms with Gasteiger partial charge in [0.05, 0.1) is 0 Å². The van der Waals surface area contributed by atoms with Crippen molar-refractivity contribution in [1.82, 2.24) is 4.90 Å². The summed E-state index contributed by atoms with van der Waals surface area (Å²) in [4.78, 5) is 2.31. The van der Waals surface area contributed by atoms with E-state index in [4.69, 9.17) is 5.73 Å². The van der Waals surface area contributed by atoms with E-state index in [1.165, 1.54) is 5.56 Å². The van der Waals surface area contributed by atoms with Crippen LogP contribution in [0.4, 0.5) is 4.39 Å². The first-order valence-corrected chi connectivity index (χ1v) is 7.00. The van der Waals surface area contributed by atoms with E-state index in [1.54, 1.807) is 6.07 Å². The molecule has 0 atom stereocenters. The van der Waals surface area contributed by atoms with Crippen molar-refractivity contribution in [1.29, 1.82) is 0 Å². The molecule has 19 heavy (non-hydrogen) atoms. The number of benzene rings is 1. The molecule has 0 aromatic heterocycles. The zero-order valence-electron chi connectivity index (χ0n) is 12.7. The highest BCUT2D eigenvalue weighted by atomic mass is 19.1. The molecule has 0 amide bonds. The summed E-state index contributed by atoms with van der Waals surface area (Å²) < 4.78 is 13.2. The van der Waals surface area contributed by atoms with Crippen LogP contribution in [0.2, 0.25) is 0 Å². The molecule has 108 valence electrons. The molecule has 2 nitrogen and oxygen atoms in total. The van der Waals surface area contributed by atoms with Gasteiger partial charge in [0.25, 0.3) is 0 Å². The maximum absolute atomic E-state index is 13.2. The second kappa shape index (κ2) is 7.01. The van der Waals surface area contributed by atoms with Crippen LogP contribution in [0.3, 0.4) is 0 Å². The number of hydrogen-bond acceptors (Lipinski definition) is 2. The maximum atomic E-state index is 13.2. The van der Waals surface area contributed by atoms with Gasteiger partial charge in [0.1, 0.15) is 5.82 Å². The first kappa shape index (κ1) is 16.1. The van der Waals surface area contributed by atoms with E-state index in [0.717, 1.165) is 37.9 Å². The Balaban J connectivity index is 2.29. The van der Waals surface area contributed by atoms with Gasteiger partial charge in [-0.2, -0.15) is 0 Å². The SMILES string of the molecule is Cc1cc(CCN(C)CCCC(C)(C)N)ccc1F. The van der Waals surface area contributed by atoms with Crippen molar-refractivity contribution in [3.05, 3.63) is 35.1 Å². The summed E-state index contributed by atoms with van der Waals surface area (Å²) in [5.74, 6) is -0.123. The Morgan fingerprint density at radius 3 is 2.53 bits per heavy atom. The second-order valence-corrected chi connectivity index (χ2v) is 6.23. The topological polar surface area (TPSA) is 29.3 Å². The standard InChI is InChI=1S/C16H27FN2/c1-13-12-14(6-7-15(13)17)8-11-19(4)10-5-9-16(2,3)18/h6-7,12H,5,8-11,18H2,1-4H3. The molecule has 0 saturated heterocycles. The largest absolute Gasteiger partial charge is 0.326 e. The van der Waals surface area contributed by atoms with Crippen LogP contribution in [0, 0.1) is 12.7 Å². The summed E-state index contributed by atoms with van der Waals surface area (Å²) in [7, 11) is 2.12. The Kier molecular flexibility index (Phi) is 5.95. The molecule has 0 fully saturated rings. The maximum Gasteiger partial charge on any atom is 0.126 e. The highest BCUT2D eigenvalue weighted by molar-refractivity contribution is 5.24. The Morgan fingerprint density at radius 2 is 1.95 bits per heavy atom. The minimum absolute atomic E-state index is 0.0745. The van der Waals surface area contributed by atoms with E-state index in [9.17, 15) is 4.39 Å². The molecule has 0 aliphatic rings. The molecule has 2 N–H and O–H groups in total. The molecule has 1 rings (SSSR count). The fourth-order valence-corrected chi connectivity index (χ4v) is 2.10. The van der Waals surface area contributed by atoms with Crippen LogP contribution >= 0.6 is 0 Å². The number of nitrogens with two attached hydrogens (primary N) is 1. The van der Waals surface area contributed by atoms with Crippen molar-refractivity contribution in [3.63, 3.8) is 0 Å². The van der Waals surface area contributed by atoms with Gasteiger partial charge >= 0.3 is 0 Å². The van der Waals surface area contributed by atoms with Crippen LogP contribution in [0.1, 0.15) is 37.8 Å². The van der Waals surface area contributed by atoms with E-state index >= 15 is 0 Å². The van der Waals surface area contributed by atoms with Gasteiger partial charge in [0.2, 0.25) is 0 Å². The first-order valence-electron chi connectivity index (χ1n) is 7.00. The number of rotatable bonds is 7. The number of aryl methyl sites for hydroxylation is 1. The lowest BCUT2D eigenvalue weighted by molar-refractivity contribution is 0.313. The Morgan fingerprint density at radius 1 is 1.26 bits per heavy atom. The van der Waals surface area contributed by atoms with Gasteiger partial charge in [-0.05, 0) is 70.8 Å². The van der Waals surface area contributed by atoms with Crippen molar-refractivity contribution < 1.29 is 4.39 Å². The van der Waals surface area contributed by atoms with E-state index in [0.29, 0.717) is 0 Å². The van der Waals surface area contributed by atoms with Crippen LogP contribution in [0.15, 0.2) is 18.2 Å². The predicted octanol–water partition coefficient (Wildman–Crippen LogP) is 3.13. The Bertz CT molecular complexity index is 396. The highest BCUT2D eigenvalue weighted by Gasteiger charge is 2.10. The molecule has 0 heterocycles. The Labute approximate surface area is 116 Å². The van der Waals surface area contributed by atoms with Gasteiger partial charge in [-0.1, -0.05) is 12.1 Å². The number of halogens is 1. The summed E-state index contributed by atoms with van der Waals surface area (Å²) in [5.41, 5.74) is 7.81. The third-order valence-electron chi connectivity index (χ3n) is 3.37. The molecule has 0 aliphatic heterocycles. The van der Waals surface area contributed by atoms with Crippen LogP contribution in [-0.4, -0.2) is 30.6 Å². The van der Waals surface area contributed by atoms with Crippen molar-refractivity contribution in [2.24, 2.45) is 5.73 Å². The lowest BCUT2D eigenvalue weighted by atomic mass is 10.00. The van der Waals surface area contributed by atoms with E-state index in [-0.39, 0.29) is 11.4 Å². The van der Waals surface area contributed by atoms with Crippen molar-refractivity contribution >= 4 is 0 Å². The van der Waals surface area contributed by atoms with Crippen LogP contribution in [-0.2, 0) is 6.42 Å². The molecule has 3 heteroatoms. The van der Waals surface area contributed by atoms with Gasteiger partial charge in [-0.25, -0.2) is 4.39 Å². The molecule has 0 radical (unpaired) electrons. The van der Waals surface area contributed by atoms with Gasteiger partial charge in [0, 0.05) is 12.1 Å². The number of likely N-dealkylation sites (N-methyl/N-ethyl adjacent to an activating group) is 1. The molecular weight excluding hydrogens is 239 g/mol. The minimum atomic E-state index is -0.123. The van der Waals surface area contributed by atoms with Crippen molar-refractivity contribution in [2.45, 2.75) is 45.6 Å².